The van der Waals surface area contributed by atoms with E-state index in [9.17, 15) is 4.57 Å². The van der Waals surface area contributed by atoms with Gasteiger partial charge in [-0.15, -0.1) is 0 Å². The monoisotopic (exact) mass is 280 g/mol. The zero-order valence-electron chi connectivity index (χ0n) is 12.1. The Labute approximate surface area is 111 Å². The normalized spacial score (nSPS) is 15.9. The van der Waals surface area contributed by atoms with Crippen molar-refractivity contribution in [2.45, 2.75) is 72.3 Å². The van der Waals surface area contributed by atoms with Crippen molar-refractivity contribution in [2.75, 3.05) is 0 Å². The molecule has 0 aromatic heterocycles. The Morgan fingerprint density at radius 3 is 2.17 bits per heavy atom. The largest absolute Gasteiger partial charge is 0.469 e. The summed E-state index contributed by atoms with van der Waals surface area (Å²) in [5.41, 5.74) is 0. The molecule has 2 unspecified atom stereocenters. The molecule has 0 aliphatic heterocycles. The molecule has 2 N–H and O–H groups in total. The van der Waals surface area contributed by atoms with E-state index in [0.717, 1.165) is 25.7 Å². The molecule has 4 nitrogen and oxygen atoms in total. The molecule has 0 fully saturated rings. The van der Waals surface area contributed by atoms with E-state index in [2.05, 4.69) is 13.8 Å². The summed E-state index contributed by atoms with van der Waals surface area (Å²) in [4.78, 5) is 17.9. The van der Waals surface area contributed by atoms with Gasteiger partial charge in [0.25, 0.3) is 0 Å². The summed E-state index contributed by atoms with van der Waals surface area (Å²) in [7, 11) is -4.37. The molecule has 18 heavy (non-hydrogen) atoms. The van der Waals surface area contributed by atoms with Gasteiger partial charge in [0.1, 0.15) is 0 Å². The minimum Gasteiger partial charge on any atom is -0.303 e. The lowest BCUT2D eigenvalue weighted by Gasteiger charge is -2.24. The van der Waals surface area contributed by atoms with Crippen molar-refractivity contribution in [1.29, 1.82) is 0 Å². The molecule has 0 aromatic carbocycles. The lowest BCUT2D eigenvalue weighted by atomic mass is 9.90. The van der Waals surface area contributed by atoms with E-state index >= 15 is 0 Å². The van der Waals surface area contributed by atoms with Gasteiger partial charge in [0.05, 0.1) is 6.10 Å². The molecule has 0 rings (SSSR count). The topological polar surface area (TPSA) is 66.8 Å². The molecular weight excluding hydrogens is 251 g/mol. The van der Waals surface area contributed by atoms with Gasteiger partial charge in [-0.1, -0.05) is 53.4 Å². The van der Waals surface area contributed by atoms with Gasteiger partial charge in [-0.2, -0.15) is 0 Å². The predicted molar refractivity (Wildman–Crippen MR) is 74.3 cm³/mol. The number of hydrogen-bond donors (Lipinski definition) is 2. The van der Waals surface area contributed by atoms with Crippen LogP contribution < -0.4 is 0 Å². The highest BCUT2D eigenvalue weighted by Crippen LogP contribution is 2.40. The quantitative estimate of drug-likeness (QED) is 0.591. The highest BCUT2D eigenvalue weighted by Gasteiger charge is 2.25. The lowest BCUT2D eigenvalue weighted by Crippen LogP contribution is -2.19. The Morgan fingerprint density at radius 1 is 1.17 bits per heavy atom. The van der Waals surface area contributed by atoms with Gasteiger partial charge in [-0.3, -0.25) is 4.52 Å². The van der Waals surface area contributed by atoms with Crippen molar-refractivity contribution >= 4 is 7.82 Å². The third-order valence-electron chi connectivity index (χ3n) is 3.16. The van der Waals surface area contributed by atoms with Crippen molar-refractivity contribution in [1.82, 2.24) is 0 Å². The summed E-state index contributed by atoms with van der Waals surface area (Å²) in [6.07, 6.45) is 5.61. The van der Waals surface area contributed by atoms with E-state index in [4.69, 9.17) is 14.3 Å². The number of phosphoric acid groups is 1. The minimum atomic E-state index is -4.37. The first-order valence-corrected chi connectivity index (χ1v) is 8.55. The first-order valence-electron chi connectivity index (χ1n) is 7.02. The van der Waals surface area contributed by atoms with Gasteiger partial charge in [-0.05, 0) is 24.7 Å². The third-order valence-corrected chi connectivity index (χ3v) is 3.73. The molecule has 0 aliphatic carbocycles. The van der Waals surface area contributed by atoms with Crippen LogP contribution in [0.15, 0.2) is 0 Å². The van der Waals surface area contributed by atoms with Crippen molar-refractivity contribution < 1.29 is 18.9 Å². The van der Waals surface area contributed by atoms with Crippen LogP contribution in [0.1, 0.15) is 66.2 Å². The maximum Gasteiger partial charge on any atom is 0.469 e. The number of unbranched alkanes of at least 4 members (excludes halogenated alkanes) is 1. The molecule has 2 atom stereocenters. The summed E-state index contributed by atoms with van der Waals surface area (Å²) < 4.78 is 15.9. The maximum atomic E-state index is 11.0. The van der Waals surface area contributed by atoms with Gasteiger partial charge in [0.2, 0.25) is 0 Å². The summed E-state index contributed by atoms with van der Waals surface area (Å²) in [5.74, 6) is 0.880. The van der Waals surface area contributed by atoms with E-state index < -0.39 is 7.82 Å². The molecule has 0 saturated carbocycles. The van der Waals surface area contributed by atoms with Gasteiger partial charge >= 0.3 is 7.82 Å². The molecular formula is C13H29O4P. The van der Waals surface area contributed by atoms with Crippen molar-refractivity contribution in [3.05, 3.63) is 0 Å². The van der Waals surface area contributed by atoms with Gasteiger partial charge < -0.3 is 9.79 Å². The van der Waals surface area contributed by atoms with Crippen LogP contribution in [0.2, 0.25) is 0 Å². The Hall–Kier alpha value is 0.110. The van der Waals surface area contributed by atoms with Crippen LogP contribution in [0.5, 0.6) is 0 Å². The van der Waals surface area contributed by atoms with Crippen molar-refractivity contribution in [3.8, 4) is 0 Å². The molecule has 0 saturated heterocycles. The number of phosphoric ester groups is 1. The number of hydrogen-bond acceptors (Lipinski definition) is 2. The SMILES string of the molecule is CCCCC(CC)CC(CC(C)C)OP(=O)(O)O. The fourth-order valence-electron chi connectivity index (χ4n) is 2.26. The highest BCUT2D eigenvalue weighted by atomic mass is 31.2. The summed E-state index contributed by atoms with van der Waals surface area (Å²) in [6, 6.07) is 0. The molecule has 0 radical (unpaired) electrons. The molecule has 0 heterocycles. The third kappa shape index (κ3) is 10.1. The molecule has 0 bridgehead atoms. The molecule has 0 aromatic rings. The van der Waals surface area contributed by atoms with E-state index in [1.165, 1.54) is 6.42 Å². The fraction of sp³-hybridized carbons (Fsp3) is 1.00. The average molecular weight is 280 g/mol. The number of rotatable bonds is 10. The molecule has 5 heteroatoms. The zero-order valence-corrected chi connectivity index (χ0v) is 13.0. The Kier molecular flexibility index (Phi) is 9.14. The molecule has 0 aliphatic rings. The van der Waals surface area contributed by atoms with Crippen molar-refractivity contribution in [3.63, 3.8) is 0 Å². The van der Waals surface area contributed by atoms with Gasteiger partial charge in [-0.25, -0.2) is 4.57 Å². The van der Waals surface area contributed by atoms with Gasteiger partial charge in [0, 0.05) is 0 Å². The maximum absolute atomic E-state index is 11.0. The van der Waals surface area contributed by atoms with E-state index in [1.54, 1.807) is 0 Å². The van der Waals surface area contributed by atoms with Crippen LogP contribution in [-0.4, -0.2) is 15.9 Å². The van der Waals surface area contributed by atoms with Crippen LogP contribution >= 0.6 is 7.82 Å². The minimum absolute atomic E-state index is 0.326. The Morgan fingerprint density at radius 2 is 1.78 bits per heavy atom. The second-order valence-corrected chi connectivity index (χ2v) is 6.69. The van der Waals surface area contributed by atoms with E-state index in [-0.39, 0.29) is 6.10 Å². The smallest absolute Gasteiger partial charge is 0.303 e. The van der Waals surface area contributed by atoms with Crippen molar-refractivity contribution in [2.24, 2.45) is 11.8 Å². The lowest BCUT2D eigenvalue weighted by molar-refractivity contribution is 0.0945. The summed E-state index contributed by atoms with van der Waals surface area (Å²) >= 11 is 0. The highest BCUT2D eigenvalue weighted by molar-refractivity contribution is 7.46. The Bertz CT molecular complexity index is 249. The van der Waals surface area contributed by atoms with Crippen LogP contribution in [0.3, 0.4) is 0 Å². The second-order valence-electron chi connectivity index (χ2n) is 5.50. The standard InChI is InChI=1S/C13H29O4P/c1-5-7-8-12(6-2)10-13(9-11(3)4)17-18(14,15)16/h11-13H,5-10H2,1-4H3,(H2,14,15,16). The van der Waals surface area contributed by atoms with Gasteiger partial charge in [0.15, 0.2) is 0 Å². The second kappa shape index (κ2) is 9.08. The first-order chi connectivity index (χ1) is 8.28. The summed E-state index contributed by atoms with van der Waals surface area (Å²) in [6.45, 7) is 8.38. The molecule has 110 valence electrons. The zero-order chi connectivity index (χ0) is 14.2. The Balaban J connectivity index is 4.40. The van der Waals surface area contributed by atoms with Crippen LogP contribution in [0.4, 0.5) is 0 Å². The van der Waals surface area contributed by atoms with Crippen LogP contribution in [-0.2, 0) is 9.09 Å². The van der Waals surface area contributed by atoms with E-state index in [1.807, 2.05) is 13.8 Å². The van der Waals surface area contributed by atoms with Crippen LogP contribution in [0, 0.1) is 11.8 Å². The average Bonchev–Trinajstić information content (AvgIpc) is 2.20. The first kappa shape index (κ1) is 18.1. The predicted octanol–water partition coefficient (Wildman–Crippen LogP) is 4.12. The van der Waals surface area contributed by atoms with Crippen LogP contribution in [0.25, 0.3) is 0 Å². The fourth-order valence-corrected chi connectivity index (χ4v) is 2.82. The summed E-state index contributed by atoms with van der Waals surface area (Å²) in [5, 5.41) is 0. The molecule has 0 amide bonds. The van der Waals surface area contributed by atoms with E-state index in [0.29, 0.717) is 18.3 Å². The molecule has 0 spiro atoms.